The third-order valence-electron chi connectivity index (χ3n) is 6.87. The normalized spacial score (nSPS) is 13.2. The minimum absolute atomic E-state index is 0.170. The van der Waals surface area contributed by atoms with E-state index in [1.165, 1.54) is 56.1 Å². The highest BCUT2D eigenvalue weighted by molar-refractivity contribution is 5.72. The lowest BCUT2D eigenvalue weighted by molar-refractivity contribution is -0.904. The molecule has 4 nitrogen and oxygen atoms in total. The van der Waals surface area contributed by atoms with Gasteiger partial charge in [-0.25, -0.2) is 0 Å². The van der Waals surface area contributed by atoms with Crippen LogP contribution in [0.3, 0.4) is 0 Å². The fourth-order valence-electron chi connectivity index (χ4n) is 4.57. The Balaban J connectivity index is 1.73. The van der Waals surface area contributed by atoms with E-state index in [2.05, 4.69) is 57.4 Å². The van der Waals surface area contributed by atoms with Crippen LogP contribution in [0.2, 0.25) is 0 Å². The summed E-state index contributed by atoms with van der Waals surface area (Å²) in [6.07, 6.45) is 11.6. The van der Waals surface area contributed by atoms with E-state index in [1.54, 1.807) is 0 Å². The number of unbranched alkanes of at least 4 members (excludes halogenated alkanes) is 7. The molecular weight excluding hydrogens is 446 g/mol. The molecule has 0 saturated heterocycles. The zero-order chi connectivity index (χ0) is 26.2. The van der Waals surface area contributed by atoms with Gasteiger partial charge in [-0.15, -0.1) is 0 Å². The highest BCUT2D eigenvalue weighted by atomic mass is 16.7. The molecule has 2 rings (SSSR count). The first-order chi connectivity index (χ1) is 17.3. The molecule has 0 saturated carbocycles. The second-order valence-electron chi connectivity index (χ2n) is 10.9. The van der Waals surface area contributed by atoms with Crippen molar-refractivity contribution in [1.82, 2.24) is 0 Å². The number of esters is 1. The lowest BCUT2D eigenvalue weighted by Gasteiger charge is -2.31. The predicted molar refractivity (Wildman–Crippen MR) is 150 cm³/mol. The first-order valence-electron chi connectivity index (χ1n) is 14.1. The Hall–Kier alpha value is -2.33. The molecule has 4 heteroatoms. The third-order valence-corrected chi connectivity index (χ3v) is 6.87. The Labute approximate surface area is 220 Å². The number of hydrogen-bond donors (Lipinski definition) is 0. The second kappa shape index (κ2) is 16.4. The lowest BCUT2D eigenvalue weighted by atomic mass is 10.0. The highest BCUT2D eigenvalue weighted by Gasteiger charge is 2.23. The first kappa shape index (κ1) is 29.9. The van der Waals surface area contributed by atoms with Gasteiger partial charge < -0.3 is 14.0 Å². The summed E-state index contributed by atoms with van der Waals surface area (Å²) in [4.78, 5) is 12.7. The van der Waals surface area contributed by atoms with Gasteiger partial charge in [0.2, 0.25) is 6.29 Å². The van der Waals surface area contributed by atoms with Crippen molar-refractivity contribution >= 4 is 5.97 Å². The number of nitrogens with zero attached hydrogens (tertiary/aromatic N) is 1. The molecule has 2 aromatic rings. The average molecular weight is 497 g/mol. The number of carbonyl (C=O) groups is 1. The van der Waals surface area contributed by atoms with Crippen LogP contribution < -0.4 is 4.74 Å². The van der Waals surface area contributed by atoms with Crippen molar-refractivity contribution in [3.8, 4) is 5.75 Å². The van der Waals surface area contributed by atoms with Crippen molar-refractivity contribution in [1.29, 1.82) is 0 Å². The number of benzene rings is 2. The van der Waals surface area contributed by atoms with Gasteiger partial charge in [-0.1, -0.05) is 107 Å². The van der Waals surface area contributed by atoms with Gasteiger partial charge in [0, 0.05) is 18.9 Å². The number of quaternary nitrogens is 1. The molecular formula is C32H50NO3+. The molecule has 2 atom stereocenters. The molecule has 36 heavy (non-hydrogen) atoms. The first-order valence-corrected chi connectivity index (χ1v) is 14.1. The molecule has 0 bridgehead atoms. The number of hydrogen-bond acceptors (Lipinski definition) is 3. The summed E-state index contributed by atoms with van der Waals surface area (Å²) in [6, 6.07) is 18.6. The van der Waals surface area contributed by atoms with Gasteiger partial charge in [0.1, 0.15) is 12.3 Å². The molecule has 0 aliphatic heterocycles. The van der Waals surface area contributed by atoms with E-state index < -0.39 is 6.29 Å². The maximum atomic E-state index is 12.7. The van der Waals surface area contributed by atoms with E-state index in [9.17, 15) is 4.79 Å². The van der Waals surface area contributed by atoms with E-state index in [1.807, 2.05) is 32.0 Å². The molecule has 0 aliphatic carbocycles. The molecule has 0 aromatic heterocycles. The van der Waals surface area contributed by atoms with Crippen LogP contribution in [0.5, 0.6) is 5.75 Å². The number of carbonyl (C=O) groups excluding carboxylic acids is 1. The Morgan fingerprint density at radius 1 is 0.833 bits per heavy atom. The summed E-state index contributed by atoms with van der Waals surface area (Å²) in [6.45, 7) is 7.87. The van der Waals surface area contributed by atoms with Gasteiger partial charge in [0.25, 0.3) is 0 Å². The van der Waals surface area contributed by atoms with Crippen molar-refractivity contribution < 1.29 is 18.8 Å². The van der Waals surface area contributed by atoms with Crippen molar-refractivity contribution in [3.63, 3.8) is 0 Å². The summed E-state index contributed by atoms with van der Waals surface area (Å²) in [5, 5.41) is 0. The van der Waals surface area contributed by atoms with E-state index in [-0.39, 0.29) is 11.9 Å². The maximum Gasteiger partial charge on any atom is 0.311 e. The maximum absolute atomic E-state index is 12.7. The topological polar surface area (TPSA) is 35.5 Å². The summed E-state index contributed by atoms with van der Waals surface area (Å²) in [7, 11) is 4.42. The third kappa shape index (κ3) is 12.1. The van der Waals surface area contributed by atoms with Crippen LogP contribution in [0.25, 0.3) is 0 Å². The zero-order valence-electron chi connectivity index (χ0n) is 23.5. The van der Waals surface area contributed by atoms with Gasteiger partial charge in [0.15, 0.2) is 0 Å². The number of para-hydroxylation sites is 1. The fourth-order valence-corrected chi connectivity index (χ4v) is 4.57. The molecule has 2 unspecified atom stereocenters. The zero-order valence-corrected chi connectivity index (χ0v) is 23.5. The lowest BCUT2D eigenvalue weighted by Crippen LogP contribution is -2.41. The van der Waals surface area contributed by atoms with E-state index in [0.29, 0.717) is 0 Å². The summed E-state index contributed by atoms with van der Waals surface area (Å²) in [5.74, 6) is 0.466. The number of ether oxygens (including phenoxy) is 2. The molecule has 0 radical (unpaired) electrons. The Bertz CT molecular complexity index is 865. The minimum atomic E-state index is -0.605. The van der Waals surface area contributed by atoms with Crippen LogP contribution in [0.15, 0.2) is 54.6 Å². The molecule has 0 amide bonds. The SMILES string of the molecule is CCCCCCCCCCc1ccccc1OC(C)OC(=O)C(C)CC[N+](C)(C)Cc1ccccc1. The van der Waals surface area contributed by atoms with E-state index in [4.69, 9.17) is 9.47 Å². The van der Waals surface area contributed by atoms with Gasteiger partial charge >= 0.3 is 5.97 Å². The number of rotatable bonds is 18. The Morgan fingerprint density at radius 3 is 2.14 bits per heavy atom. The Morgan fingerprint density at radius 2 is 1.44 bits per heavy atom. The molecule has 0 heterocycles. The largest absolute Gasteiger partial charge is 0.455 e. The van der Waals surface area contributed by atoms with Crippen molar-refractivity contribution in [2.24, 2.45) is 5.92 Å². The van der Waals surface area contributed by atoms with Crippen molar-refractivity contribution in [2.45, 2.75) is 97.8 Å². The second-order valence-corrected chi connectivity index (χ2v) is 10.9. The van der Waals surface area contributed by atoms with Crippen LogP contribution in [0.1, 0.15) is 89.7 Å². The summed E-state index contributed by atoms with van der Waals surface area (Å²) >= 11 is 0. The summed E-state index contributed by atoms with van der Waals surface area (Å²) < 4.78 is 12.6. The smallest absolute Gasteiger partial charge is 0.311 e. The molecule has 0 N–H and O–H groups in total. The van der Waals surface area contributed by atoms with Gasteiger partial charge in [-0.3, -0.25) is 4.79 Å². The monoisotopic (exact) mass is 496 g/mol. The standard InChI is InChI=1S/C32H50NO3/c1-6-7-8-9-10-11-12-16-21-30-22-17-18-23-31(30)35-28(3)36-32(34)27(2)24-25-33(4,5)26-29-19-14-13-15-20-29/h13-15,17-20,22-23,27-28H,6-12,16,21,24-26H2,1-5H3/q+1. The van der Waals surface area contributed by atoms with Crippen LogP contribution in [0.4, 0.5) is 0 Å². The van der Waals surface area contributed by atoms with Crippen LogP contribution in [-0.4, -0.2) is 37.4 Å². The van der Waals surface area contributed by atoms with E-state index >= 15 is 0 Å². The predicted octanol–water partition coefficient (Wildman–Crippen LogP) is 7.94. The Kier molecular flexibility index (Phi) is 13.6. The van der Waals surface area contributed by atoms with Gasteiger partial charge in [0.05, 0.1) is 26.6 Å². The number of aryl methyl sites for hydroxylation is 1. The van der Waals surface area contributed by atoms with E-state index in [0.717, 1.165) is 42.6 Å². The fraction of sp³-hybridized carbons (Fsp3) is 0.594. The highest BCUT2D eigenvalue weighted by Crippen LogP contribution is 2.23. The van der Waals surface area contributed by atoms with Crippen LogP contribution in [0, 0.1) is 5.92 Å². The molecule has 0 spiro atoms. The van der Waals surface area contributed by atoms with Gasteiger partial charge in [-0.05, 0) is 24.5 Å². The minimum Gasteiger partial charge on any atom is -0.455 e. The molecule has 2 aromatic carbocycles. The average Bonchev–Trinajstić information content (AvgIpc) is 2.85. The van der Waals surface area contributed by atoms with Crippen LogP contribution >= 0.6 is 0 Å². The summed E-state index contributed by atoms with van der Waals surface area (Å²) in [5.41, 5.74) is 2.50. The molecule has 0 aliphatic rings. The van der Waals surface area contributed by atoms with Crippen molar-refractivity contribution in [2.75, 3.05) is 20.6 Å². The molecule has 200 valence electrons. The van der Waals surface area contributed by atoms with Gasteiger partial charge in [-0.2, -0.15) is 0 Å². The van der Waals surface area contributed by atoms with Crippen molar-refractivity contribution in [3.05, 3.63) is 65.7 Å². The quantitative estimate of drug-likeness (QED) is 0.0909. The molecule has 0 fully saturated rings. The van der Waals surface area contributed by atoms with Crippen LogP contribution in [-0.2, 0) is 22.5 Å².